The van der Waals surface area contributed by atoms with Crippen molar-refractivity contribution < 1.29 is 14.0 Å². The van der Waals surface area contributed by atoms with Crippen LogP contribution in [0.2, 0.25) is 0 Å². The number of hydrogen-bond acceptors (Lipinski definition) is 4. The molecule has 1 aromatic heterocycles. The van der Waals surface area contributed by atoms with Crippen molar-refractivity contribution in [3.05, 3.63) is 24.2 Å². The van der Waals surface area contributed by atoms with Gasteiger partial charge in [0.1, 0.15) is 0 Å². The average Bonchev–Trinajstić information content (AvgIpc) is 3.09. The molecule has 0 aromatic carbocycles. The minimum Gasteiger partial charge on any atom is -0.459 e. The van der Waals surface area contributed by atoms with Gasteiger partial charge in [0.15, 0.2) is 11.7 Å². The topological polar surface area (TPSA) is 90.2 Å². The molecule has 23 heavy (non-hydrogen) atoms. The first-order chi connectivity index (χ1) is 10.7. The van der Waals surface area contributed by atoms with Crippen LogP contribution in [-0.2, 0) is 4.79 Å². The lowest BCUT2D eigenvalue weighted by Crippen LogP contribution is -2.54. The van der Waals surface area contributed by atoms with Gasteiger partial charge in [-0.05, 0) is 12.1 Å². The van der Waals surface area contributed by atoms with E-state index in [9.17, 15) is 9.59 Å². The molecular weight excluding hydrogens is 413 g/mol. The molecular formula is C14H22IN5O3. The van der Waals surface area contributed by atoms with Crippen LogP contribution in [0, 0.1) is 0 Å². The number of hydrogen-bond donors (Lipinski definition) is 2. The predicted molar refractivity (Wildman–Crippen MR) is 97.0 cm³/mol. The van der Waals surface area contributed by atoms with Crippen molar-refractivity contribution in [2.24, 2.45) is 4.99 Å². The van der Waals surface area contributed by atoms with Gasteiger partial charge in [-0.25, -0.2) is 0 Å². The second-order valence-electron chi connectivity index (χ2n) is 4.83. The molecule has 0 radical (unpaired) electrons. The van der Waals surface area contributed by atoms with E-state index in [2.05, 4.69) is 15.6 Å². The van der Waals surface area contributed by atoms with Crippen LogP contribution >= 0.6 is 24.0 Å². The minimum absolute atomic E-state index is 0. The van der Waals surface area contributed by atoms with Gasteiger partial charge in [-0.15, -0.1) is 24.0 Å². The van der Waals surface area contributed by atoms with Crippen LogP contribution < -0.4 is 10.6 Å². The number of rotatable bonds is 3. The largest absolute Gasteiger partial charge is 0.459 e. The molecule has 9 heteroatoms. The standard InChI is InChI=1S/C14H21N5O3.HI/c1-15-12(20)10-17-14(16-2)19-7-5-18(6-8-19)13(21)11-4-3-9-22-11;/h3-4,9H,5-8,10H2,1-2H3,(H,15,20)(H,16,17);1H. The average molecular weight is 435 g/mol. The van der Waals surface area contributed by atoms with Gasteiger partial charge in [0.2, 0.25) is 5.91 Å². The molecule has 1 aliphatic rings. The monoisotopic (exact) mass is 435 g/mol. The number of amides is 2. The maximum Gasteiger partial charge on any atom is 0.289 e. The quantitative estimate of drug-likeness (QED) is 0.396. The van der Waals surface area contributed by atoms with Gasteiger partial charge in [0.25, 0.3) is 5.91 Å². The zero-order chi connectivity index (χ0) is 15.9. The van der Waals surface area contributed by atoms with E-state index in [4.69, 9.17) is 4.42 Å². The summed E-state index contributed by atoms with van der Waals surface area (Å²) in [6, 6.07) is 3.37. The molecule has 0 unspecified atom stereocenters. The Labute approximate surface area is 152 Å². The lowest BCUT2D eigenvalue weighted by Gasteiger charge is -2.36. The Hall–Kier alpha value is -1.78. The van der Waals surface area contributed by atoms with Crippen molar-refractivity contribution in [1.82, 2.24) is 20.4 Å². The molecule has 2 amide bonds. The molecule has 0 saturated carbocycles. The number of carbonyl (C=O) groups is 2. The third-order valence-electron chi connectivity index (χ3n) is 3.50. The highest BCUT2D eigenvalue weighted by Crippen LogP contribution is 2.09. The van der Waals surface area contributed by atoms with Crippen LogP contribution in [0.15, 0.2) is 27.8 Å². The van der Waals surface area contributed by atoms with E-state index < -0.39 is 0 Å². The van der Waals surface area contributed by atoms with Gasteiger partial charge in [0, 0.05) is 40.3 Å². The molecule has 1 saturated heterocycles. The number of carbonyl (C=O) groups excluding carboxylic acids is 2. The molecule has 2 heterocycles. The van der Waals surface area contributed by atoms with Gasteiger partial charge < -0.3 is 24.9 Å². The summed E-state index contributed by atoms with van der Waals surface area (Å²) in [5, 5.41) is 5.55. The van der Waals surface area contributed by atoms with Crippen LogP contribution in [0.25, 0.3) is 0 Å². The van der Waals surface area contributed by atoms with Crippen molar-refractivity contribution in [3.63, 3.8) is 0 Å². The van der Waals surface area contributed by atoms with E-state index in [1.165, 1.54) is 6.26 Å². The number of nitrogens with zero attached hydrogens (tertiary/aromatic N) is 3. The molecule has 0 aliphatic carbocycles. The summed E-state index contributed by atoms with van der Waals surface area (Å²) in [6.45, 7) is 2.65. The first kappa shape index (κ1) is 19.3. The third kappa shape index (κ3) is 5.12. The summed E-state index contributed by atoms with van der Waals surface area (Å²) in [5.74, 6) is 0.815. The highest BCUT2D eigenvalue weighted by atomic mass is 127. The number of piperazine rings is 1. The summed E-state index contributed by atoms with van der Waals surface area (Å²) in [5.41, 5.74) is 0. The molecule has 0 atom stereocenters. The second-order valence-corrected chi connectivity index (χ2v) is 4.83. The number of likely N-dealkylation sites (N-methyl/N-ethyl adjacent to an activating group) is 1. The summed E-state index contributed by atoms with van der Waals surface area (Å²) in [4.78, 5) is 31.4. The van der Waals surface area contributed by atoms with Crippen molar-refractivity contribution in [2.45, 2.75) is 0 Å². The number of nitrogens with one attached hydrogen (secondary N) is 2. The Morgan fingerprint density at radius 2 is 1.91 bits per heavy atom. The zero-order valence-corrected chi connectivity index (χ0v) is 15.6. The van der Waals surface area contributed by atoms with E-state index in [-0.39, 0.29) is 42.3 Å². The molecule has 0 spiro atoms. The van der Waals surface area contributed by atoms with Gasteiger partial charge in [-0.1, -0.05) is 0 Å². The number of aliphatic imine (C=N–C) groups is 1. The lowest BCUT2D eigenvalue weighted by atomic mass is 10.3. The van der Waals surface area contributed by atoms with Crippen LogP contribution in [0.3, 0.4) is 0 Å². The molecule has 1 aliphatic heterocycles. The van der Waals surface area contributed by atoms with Crippen LogP contribution in [0.5, 0.6) is 0 Å². The van der Waals surface area contributed by atoms with E-state index >= 15 is 0 Å². The van der Waals surface area contributed by atoms with Crippen molar-refractivity contribution in [3.8, 4) is 0 Å². The highest BCUT2D eigenvalue weighted by molar-refractivity contribution is 14.0. The minimum atomic E-state index is -0.104. The molecule has 0 bridgehead atoms. The molecule has 2 N–H and O–H groups in total. The highest BCUT2D eigenvalue weighted by Gasteiger charge is 2.25. The summed E-state index contributed by atoms with van der Waals surface area (Å²) in [6.07, 6.45) is 1.49. The first-order valence-corrected chi connectivity index (χ1v) is 7.14. The fraction of sp³-hybridized carbons (Fsp3) is 0.500. The number of guanidine groups is 1. The Morgan fingerprint density at radius 3 is 2.43 bits per heavy atom. The Balaban J connectivity index is 0.00000264. The van der Waals surface area contributed by atoms with Crippen LogP contribution in [-0.4, -0.2) is 74.4 Å². The van der Waals surface area contributed by atoms with Crippen molar-refractivity contribution in [1.29, 1.82) is 0 Å². The van der Waals surface area contributed by atoms with Gasteiger partial charge >= 0.3 is 0 Å². The maximum absolute atomic E-state index is 12.2. The predicted octanol–water partition coefficient (Wildman–Crippen LogP) is -0.0232. The SMILES string of the molecule is CN=C(NCC(=O)NC)N1CCN(C(=O)c2ccco2)CC1.I. The second kappa shape index (κ2) is 9.38. The number of furan rings is 1. The molecule has 1 fully saturated rings. The smallest absolute Gasteiger partial charge is 0.289 e. The summed E-state index contributed by atoms with van der Waals surface area (Å²) < 4.78 is 5.14. The van der Waals surface area contributed by atoms with Crippen molar-refractivity contribution >= 4 is 41.8 Å². The van der Waals surface area contributed by atoms with Crippen molar-refractivity contribution in [2.75, 3.05) is 46.8 Å². The Kier molecular flexibility index (Phi) is 7.86. The fourth-order valence-corrected chi connectivity index (χ4v) is 2.26. The summed E-state index contributed by atoms with van der Waals surface area (Å²) >= 11 is 0. The molecule has 2 rings (SSSR count). The first-order valence-electron chi connectivity index (χ1n) is 7.14. The van der Waals surface area contributed by atoms with E-state index in [1.807, 2.05) is 4.90 Å². The Morgan fingerprint density at radius 1 is 1.26 bits per heavy atom. The fourth-order valence-electron chi connectivity index (χ4n) is 2.26. The van der Waals surface area contributed by atoms with Gasteiger partial charge in [-0.2, -0.15) is 0 Å². The van der Waals surface area contributed by atoms with E-state index in [0.29, 0.717) is 37.9 Å². The van der Waals surface area contributed by atoms with Crippen LogP contribution in [0.4, 0.5) is 0 Å². The molecule has 8 nitrogen and oxygen atoms in total. The van der Waals surface area contributed by atoms with Crippen LogP contribution in [0.1, 0.15) is 10.6 Å². The van der Waals surface area contributed by atoms with E-state index in [0.717, 1.165) is 0 Å². The lowest BCUT2D eigenvalue weighted by molar-refractivity contribution is -0.119. The zero-order valence-electron chi connectivity index (χ0n) is 13.2. The van der Waals surface area contributed by atoms with Gasteiger partial charge in [-0.3, -0.25) is 14.6 Å². The number of halogens is 1. The molecule has 1 aromatic rings. The van der Waals surface area contributed by atoms with E-state index in [1.54, 1.807) is 31.1 Å². The van der Waals surface area contributed by atoms with Gasteiger partial charge in [0.05, 0.1) is 12.8 Å². The molecule has 128 valence electrons. The third-order valence-corrected chi connectivity index (χ3v) is 3.50. The normalized spacial score (nSPS) is 15.0. The maximum atomic E-state index is 12.2. The summed E-state index contributed by atoms with van der Waals surface area (Å²) in [7, 11) is 3.26. The Bertz CT molecular complexity index is 539.